The van der Waals surface area contributed by atoms with E-state index in [2.05, 4.69) is 27.0 Å². The monoisotopic (exact) mass is 405 g/mol. The topological polar surface area (TPSA) is 82.0 Å². The van der Waals surface area contributed by atoms with Crippen LogP contribution in [0.3, 0.4) is 0 Å². The summed E-state index contributed by atoms with van der Waals surface area (Å²) in [6.45, 7) is 3.37. The molecule has 2 aromatic carbocycles. The third-order valence-electron chi connectivity index (χ3n) is 4.45. The Kier molecular flexibility index (Phi) is 6.82. The number of aryl methyl sites for hydroxylation is 1. The zero-order valence-electron chi connectivity index (χ0n) is 16.5. The van der Waals surface area contributed by atoms with Gasteiger partial charge in [-0.3, -0.25) is 0 Å². The van der Waals surface area contributed by atoms with Crippen LogP contribution in [0.15, 0.2) is 48.5 Å². The molecule has 29 heavy (non-hydrogen) atoms. The van der Waals surface area contributed by atoms with Gasteiger partial charge in [0, 0.05) is 18.5 Å². The SMILES string of the molecule is COc1ccccc1NC(=S)NCCCNc1nc2c(C)cccc2cc1C#N. The fourth-order valence-electron chi connectivity index (χ4n) is 2.98. The molecule has 0 amide bonds. The number of nitrogens with one attached hydrogen (secondary N) is 3. The van der Waals surface area contributed by atoms with Crippen LogP contribution in [0.4, 0.5) is 11.5 Å². The molecule has 0 fully saturated rings. The molecule has 148 valence electrons. The number of pyridine rings is 1. The molecule has 0 saturated carbocycles. The van der Waals surface area contributed by atoms with Crippen LogP contribution in [-0.2, 0) is 0 Å². The Bertz CT molecular complexity index is 1060. The van der Waals surface area contributed by atoms with Gasteiger partial charge in [0.2, 0.25) is 0 Å². The fourth-order valence-corrected chi connectivity index (χ4v) is 3.19. The summed E-state index contributed by atoms with van der Waals surface area (Å²) in [7, 11) is 1.63. The number of ether oxygens (including phenoxy) is 1. The van der Waals surface area contributed by atoms with Crippen molar-refractivity contribution in [2.24, 2.45) is 0 Å². The Morgan fingerprint density at radius 2 is 2.00 bits per heavy atom. The average molecular weight is 406 g/mol. The molecular weight excluding hydrogens is 382 g/mol. The van der Waals surface area contributed by atoms with Gasteiger partial charge in [-0.1, -0.05) is 30.3 Å². The highest BCUT2D eigenvalue weighted by molar-refractivity contribution is 7.80. The maximum absolute atomic E-state index is 9.43. The molecular formula is C22H23N5OS. The maximum atomic E-state index is 9.43. The van der Waals surface area contributed by atoms with Gasteiger partial charge in [0.1, 0.15) is 17.6 Å². The van der Waals surface area contributed by atoms with Crippen molar-refractivity contribution in [3.63, 3.8) is 0 Å². The van der Waals surface area contributed by atoms with Crippen molar-refractivity contribution in [1.29, 1.82) is 5.26 Å². The first-order chi connectivity index (χ1) is 14.1. The normalized spacial score (nSPS) is 10.2. The molecule has 0 aliphatic rings. The van der Waals surface area contributed by atoms with Gasteiger partial charge >= 0.3 is 0 Å². The molecule has 3 N–H and O–H groups in total. The van der Waals surface area contributed by atoms with E-state index in [9.17, 15) is 5.26 Å². The first-order valence-electron chi connectivity index (χ1n) is 9.34. The maximum Gasteiger partial charge on any atom is 0.170 e. The van der Waals surface area contributed by atoms with E-state index in [0.717, 1.165) is 34.3 Å². The molecule has 0 aliphatic carbocycles. The van der Waals surface area contributed by atoms with Gasteiger partial charge in [-0.2, -0.15) is 5.26 Å². The highest BCUT2D eigenvalue weighted by Crippen LogP contribution is 2.23. The van der Waals surface area contributed by atoms with E-state index in [1.165, 1.54) is 0 Å². The Hall–Kier alpha value is -3.37. The summed E-state index contributed by atoms with van der Waals surface area (Å²) in [5.74, 6) is 1.35. The highest BCUT2D eigenvalue weighted by atomic mass is 32.1. The van der Waals surface area contributed by atoms with Crippen LogP contribution in [0.2, 0.25) is 0 Å². The second kappa shape index (κ2) is 9.71. The number of aromatic nitrogens is 1. The Morgan fingerprint density at radius 1 is 1.17 bits per heavy atom. The second-order valence-corrected chi connectivity index (χ2v) is 6.91. The first-order valence-corrected chi connectivity index (χ1v) is 9.75. The van der Waals surface area contributed by atoms with Gasteiger partial charge in [0.15, 0.2) is 5.11 Å². The Balaban J connectivity index is 1.51. The molecule has 3 aromatic rings. The lowest BCUT2D eigenvalue weighted by atomic mass is 10.1. The van der Waals surface area contributed by atoms with Crippen LogP contribution in [0.1, 0.15) is 17.5 Å². The molecule has 0 radical (unpaired) electrons. The van der Waals surface area contributed by atoms with Crippen molar-refractivity contribution >= 4 is 39.7 Å². The minimum atomic E-state index is 0.534. The quantitative estimate of drug-likeness (QED) is 0.401. The third kappa shape index (κ3) is 5.12. The van der Waals surface area contributed by atoms with Crippen molar-refractivity contribution in [2.75, 3.05) is 30.8 Å². The molecule has 0 aliphatic heterocycles. The zero-order chi connectivity index (χ0) is 20.6. The van der Waals surface area contributed by atoms with E-state index in [1.807, 2.05) is 55.5 Å². The standard InChI is InChI=1S/C22H23N5OS/c1-15-7-5-8-16-13-17(14-23)21(27-20(15)16)24-11-6-12-25-22(29)26-18-9-3-4-10-19(18)28-2/h3-5,7-10,13H,6,11-12H2,1-2H3,(H,24,27)(H2,25,26,29). The number of anilines is 2. The number of para-hydroxylation sites is 3. The van der Waals surface area contributed by atoms with Crippen molar-refractivity contribution in [1.82, 2.24) is 10.3 Å². The number of fused-ring (bicyclic) bond motifs is 1. The van der Waals surface area contributed by atoms with Crippen molar-refractivity contribution in [2.45, 2.75) is 13.3 Å². The lowest BCUT2D eigenvalue weighted by Gasteiger charge is -2.14. The minimum absolute atomic E-state index is 0.534. The van der Waals surface area contributed by atoms with Crippen LogP contribution in [0.25, 0.3) is 10.9 Å². The van der Waals surface area contributed by atoms with Gasteiger partial charge < -0.3 is 20.7 Å². The molecule has 0 atom stereocenters. The van der Waals surface area contributed by atoms with E-state index >= 15 is 0 Å². The van der Waals surface area contributed by atoms with Gasteiger partial charge in [-0.25, -0.2) is 4.98 Å². The lowest BCUT2D eigenvalue weighted by Crippen LogP contribution is -2.30. The molecule has 6 nitrogen and oxygen atoms in total. The molecule has 0 spiro atoms. The largest absolute Gasteiger partial charge is 0.495 e. The van der Waals surface area contributed by atoms with Crippen LogP contribution < -0.4 is 20.7 Å². The van der Waals surface area contributed by atoms with Crippen LogP contribution in [0, 0.1) is 18.3 Å². The number of nitrogens with zero attached hydrogens (tertiary/aromatic N) is 2. The first kappa shape index (κ1) is 20.4. The predicted molar refractivity (Wildman–Crippen MR) is 122 cm³/mol. The fraction of sp³-hybridized carbons (Fsp3) is 0.227. The lowest BCUT2D eigenvalue weighted by molar-refractivity contribution is 0.417. The number of hydrogen-bond acceptors (Lipinski definition) is 5. The molecule has 0 bridgehead atoms. The molecule has 0 unspecified atom stereocenters. The summed E-state index contributed by atoms with van der Waals surface area (Å²) < 4.78 is 5.31. The number of thiocarbonyl (C=S) groups is 1. The number of rotatable bonds is 7. The van der Waals surface area contributed by atoms with E-state index in [-0.39, 0.29) is 0 Å². The smallest absolute Gasteiger partial charge is 0.170 e. The number of nitriles is 1. The van der Waals surface area contributed by atoms with Crippen molar-refractivity contribution in [3.05, 3.63) is 59.7 Å². The molecule has 7 heteroatoms. The average Bonchev–Trinajstić information content (AvgIpc) is 2.74. The predicted octanol–water partition coefficient (Wildman–Crippen LogP) is 4.21. The summed E-state index contributed by atoms with van der Waals surface area (Å²) in [6.07, 6.45) is 0.812. The molecule has 1 aromatic heterocycles. The molecule has 1 heterocycles. The Morgan fingerprint density at radius 3 is 2.79 bits per heavy atom. The van der Waals surface area contributed by atoms with Gasteiger partial charge in [0.05, 0.1) is 23.9 Å². The van der Waals surface area contributed by atoms with E-state index in [0.29, 0.717) is 29.6 Å². The van der Waals surface area contributed by atoms with Gasteiger partial charge in [-0.15, -0.1) is 0 Å². The minimum Gasteiger partial charge on any atom is -0.495 e. The summed E-state index contributed by atoms with van der Waals surface area (Å²) in [6, 6.07) is 17.7. The summed E-state index contributed by atoms with van der Waals surface area (Å²) in [4.78, 5) is 4.65. The molecule has 0 saturated heterocycles. The number of benzene rings is 2. The van der Waals surface area contributed by atoms with E-state index in [1.54, 1.807) is 7.11 Å². The van der Waals surface area contributed by atoms with Crippen molar-refractivity contribution in [3.8, 4) is 11.8 Å². The second-order valence-electron chi connectivity index (χ2n) is 6.50. The highest BCUT2D eigenvalue weighted by Gasteiger charge is 2.08. The zero-order valence-corrected chi connectivity index (χ0v) is 17.3. The van der Waals surface area contributed by atoms with E-state index < -0.39 is 0 Å². The summed E-state index contributed by atoms with van der Waals surface area (Å²) in [5, 5.41) is 20.5. The van der Waals surface area contributed by atoms with Crippen molar-refractivity contribution < 1.29 is 4.74 Å². The summed E-state index contributed by atoms with van der Waals surface area (Å²) in [5.41, 5.74) is 3.36. The number of methoxy groups -OCH3 is 1. The molecule has 3 rings (SSSR count). The summed E-state index contributed by atoms with van der Waals surface area (Å²) >= 11 is 5.34. The van der Waals surface area contributed by atoms with Gasteiger partial charge in [0.25, 0.3) is 0 Å². The van der Waals surface area contributed by atoms with E-state index in [4.69, 9.17) is 17.0 Å². The third-order valence-corrected chi connectivity index (χ3v) is 4.70. The van der Waals surface area contributed by atoms with Crippen LogP contribution >= 0.6 is 12.2 Å². The Labute approximate surface area is 175 Å². The number of hydrogen-bond donors (Lipinski definition) is 3. The van der Waals surface area contributed by atoms with Crippen LogP contribution in [0.5, 0.6) is 5.75 Å². The van der Waals surface area contributed by atoms with Crippen LogP contribution in [-0.4, -0.2) is 30.3 Å². The van der Waals surface area contributed by atoms with Gasteiger partial charge in [-0.05, 0) is 49.3 Å².